The Bertz CT molecular complexity index is 268. The second-order valence-electron chi connectivity index (χ2n) is 3.83. The Kier molecular flexibility index (Phi) is 6.25. The van der Waals surface area contributed by atoms with E-state index in [1.54, 1.807) is 0 Å². The van der Waals surface area contributed by atoms with E-state index >= 15 is 0 Å². The van der Waals surface area contributed by atoms with E-state index in [0.29, 0.717) is 6.04 Å². The van der Waals surface area contributed by atoms with Gasteiger partial charge in [0.2, 0.25) is 0 Å². The van der Waals surface area contributed by atoms with Crippen LogP contribution < -0.4 is 5.32 Å². The molecule has 0 aromatic heterocycles. The minimum atomic E-state index is 0.675. The Hall–Kier alpha value is -0.0900. The number of hydrogen-bond acceptors (Lipinski definition) is 1. The van der Waals surface area contributed by atoms with E-state index in [9.17, 15) is 0 Å². The Morgan fingerprint density at radius 2 is 1.87 bits per heavy atom. The van der Waals surface area contributed by atoms with E-state index in [2.05, 4.69) is 66.0 Å². The van der Waals surface area contributed by atoms with Crippen LogP contribution in [-0.2, 0) is 6.42 Å². The minimum Gasteiger partial charge on any atom is -0.314 e. The summed E-state index contributed by atoms with van der Waals surface area (Å²) in [4.78, 5) is 0. The molecule has 1 rings (SSSR count). The number of rotatable bonds is 6. The maximum absolute atomic E-state index is 3.51. The first-order valence-corrected chi connectivity index (χ1v) is 6.82. The van der Waals surface area contributed by atoms with E-state index in [-0.39, 0.29) is 0 Å². The second-order valence-corrected chi connectivity index (χ2v) is 5.07. The molecule has 15 heavy (non-hydrogen) atoms. The highest BCUT2D eigenvalue weighted by molar-refractivity contribution is 14.1. The molecule has 0 aliphatic heterocycles. The van der Waals surface area contributed by atoms with Crippen molar-refractivity contribution in [3.8, 4) is 0 Å². The largest absolute Gasteiger partial charge is 0.314 e. The lowest BCUT2D eigenvalue weighted by Gasteiger charge is -2.15. The average molecular weight is 317 g/mol. The quantitative estimate of drug-likeness (QED) is 0.790. The van der Waals surface area contributed by atoms with E-state index in [4.69, 9.17) is 0 Å². The third-order valence-corrected chi connectivity index (χ3v) is 3.40. The third-order valence-electron chi connectivity index (χ3n) is 2.68. The summed E-state index contributed by atoms with van der Waals surface area (Å²) in [5, 5.41) is 3.51. The molecule has 0 heterocycles. The molecule has 2 heteroatoms. The van der Waals surface area contributed by atoms with Gasteiger partial charge >= 0.3 is 0 Å². The molecule has 84 valence electrons. The highest BCUT2D eigenvalue weighted by Crippen LogP contribution is 2.10. The molecule has 1 atom stereocenters. The third kappa shape index (κ3) is 4.98. The van der Waals surface area contributed by atoms with Crippen LogP contribution in [-0.4, -0.2) is 12.6 Å². The van der Waals surface area contributed by atoms with Crippen LogP contribution in [0.15, 0.2) is 24.3 Å². The van der Waals surface area contributed by atoms with Gasteiger partial charge in [0, 0.05) is 9.61 Å². The number of hydrogen-bond donors (Lipinski definition) is 1. The van der Waals surface area contributed by atoms with Crippen LogP contribution >= 0.6 is 22.6 Å². The van der Waals surface area contributed by atoms with Crippen molar-refractivity contribution in [2.75, 3.05) is 6.54 Å². The topological polar surface area (TPSA) is 12.0 Å². The van der Waals surface area contributed by atoms with E-state index in [0.717, 1.165) is 6.54 Å². The molecule has 0 bridgehead atoms. The van der Waals surface area contributed by atoms with Gasteiger partial charge in [-0.05, 0) is 66.1 Å². The van der Waals surface area contributed by atoms with Crippen LogP contribution in [0.3, 0.4) is 0 Å². The van der Waals surface area contributed by atoms with Gasteiger partial charge in [0.25, 0.3) is 0 Å². The lowest BCUT2D eigenvalue weighted by molar-refractivity contribution is 0.481. The molecule has 0 aliphatic rings. The Morgan fingerprint density at radius 3 is 2.40 bits per heavy atom. The maximum Gasteiger partial charge on any atom is 0.0130 e. The summed E-state index contributed by atoms with van der Waals surface area (Å²) in [7, 11) is 0. The fraction of sp³-hybridized carbons (Fsp3) is 0.538. The monoisotopic (exact) mass is 317 g/mol. The van der Waals surface area contributed by atoms with Crippen molar-refractivity contribution in [1.29, 1.82) is 0 Å². The van der Waals surface area contributed by atoms with Crippen molar-refractivity contribution < 1.29 is 0 Å². The van der Waals surface area contributed by atoms with Crippen molar-refractivity contribution in [1.82, 2.24) is 5.32 Å². The summed E-state index contributed by atoms with van der Waals surface area (Å²) in [5.41, 5.74) is 1.45. The molecule has 0 saturated carbocycles. The smallest absolute Gasteiger partial charge is 0.0130 e. The molecule has 1 nitrogen and oxygen atoms in total. The van der Waals surface area contributed by atoms with Crippen molar-refractivity contribution >= 4 is 22.6 Å². The van der Waals surface area contributed by atoms with Gasteiger partial charge in [0.15, 0.2) is 0 Å². The molecule has 1 unspecified atom stereocenters. The van der Waals surface area contributed by atoms with Gasteiger partial charge in [-0.15, -0.1) is 0 Å². The Balaban J connectivity index is 2.38. The molecule has 0 spiro atoms. The zero-order chi connectivity index (χ0) is 11.1. The van der Waals surface area contributed by atoms with Crippen molar-refractivity contribution in [2.24, 2.45) is 0 Å². The molecule has 1 N–H and O–H groups in total. The standard InChI is InChI=1S/C13H20IN/c1-3-13(15-4-2)10-7-11-5-8-12(14)9-6-11/h5-6,8-9,13,15H,3-4,7,10H2,1-2H3. The Labute approximate surface area is 107 Å². The first-order chi connectivity index (χ1) is 7.26. The summed E-state index contributed by atoms with van der Waals surface area (Å²) >= 11 is 2.35. The van der Waals surface area contributed by atoms with E-state index in [1.807, 2.05) is 0 Å². The molecule has 0 saturated heterocycles. The predicted molar refractivity (Wildman–Crippen MR) is 75.2 cm³/mol. The fourth-order valence-corrected chi connectivity index (χ4v) is 2.09. The number of aryl methyl sites for hydroxylation is 1. The summed E-state index contributed by atoms with van der Waals surface area (Å²) in [6.45, 7) is 5.50. The van der Waals surface area contributed by atoms with Crippen LogP contribution in [0.2, 0.25) is 0 Å². The maximum atomic E-state index is 3.51. The molecular weight excluding hydrogens is 297 g/mol. The molecule has 0 aliphatic carbocycles. The number of nitrogens with one attached hydrogen (secondary N) is 1. The van der Waals surface area contributed by atoms with Crippen LogP contribution in [0, 0.1) is 3.57 Å². The molecule has 1 aromatic rings. The molecule has 1 aromatic carbocycles. The zero-order valence-electron chi connectivity index (χ0n) is 9.59. The number of halogens is 1. The first kappa shape index (κ1) is 13.0. The van der Waals surface area contributed by atoms with Gasteiger partial charge in [-0.3, -0.25) is 0 Å². The minimum absolute atomic E-state index is 0.675. The normalized spacial score (nSPS) is 12.7. The van der Waals surface area contributed by atoms with Gasteiger partial charge < -0.3 is 5.32 Å². The highest BCUT2D eigenvalue weighted by atomic mass is 127. The highest BCUT2D eigenvalue weighted by Gasteiger charge is 2.04. The zero-order valence-corrected chi connectivity index (χ0v) is 11.8. The van der Waals surface area contributed by atoms with E-state index < -0.39 is 0 Å². The molecule has 0 amide bonds. The van der Waals surface area contributed by atoms with Gasteiger partial charge in [0.05, 0.1) is 0 Å². The lowest BCUT2D eigenvalue weighted by atomic mass is 10.0. The van der Waals surface area contributed by atoms with Crippen molar-refractivity contribution in [2.45, 2.75) is 39.2 Å². The SMILES string of the molecule is CCNC(CC)CCc1ccc(I)cc1. The van der Waals surface area contributed by atoms with Gasteiger partial charge in [-0.2, -0.15) is 0 Å². The Morgan fingerprint density at radius 1 is 1.20 bits per heavy atom. The first-order valence-electron chi connectivity index (χ1n) is 5.74. The predicted octanol–water partition coefficient (Wildman–Crippen LogP) is 3.61. The molecular formula is C13H20IN. The summed E-state index contributed by atoms with van der Waals surface area (Å²) < 4.78 is 1.31. The van der Waals surface area contributed by atoms with Crippen LogP contribution in [0.25, 0.3) is 0 Å². The van der Waals surface area contributed by atoms with Crippen molar-refractivity contribution in [3.63, 3.8) is 0 Å². The summed E-state index contributed by atoms with van der Waals surface area (Å²) in [5.74, 6) is 0. The van der Waals surface area contributed by atoms with Gasteiger partial charge in [0.1, 0.15) is 0 Å². The van der Waals surface area contributed by atoms with Crippen LogP contribution in [0.4, 0.5) is 0 Å². The summed E-state index contributed by atoms with van der Waals surface area (Å²) in [6.07, 6.45) is 3.64. The fourth-order valence-electron chi connectivity index (χ4n) is 1.73. The molecule has 0 radical (unpaired) electrons. The van der Waals surface area contributed by atoms with Crippen LogP contribution in [0.5, 0.6) is 0 Å². The van der Waals surface area contributed by atoms with Crippen molar-refractivity contribution in [3.05, 3.63) is 33.4 Å². The average Bonchev–Trinajstić information content (AvgIpc) is 2.26. The van der Waals surface area contributed by atoms with Crippen LogP contribution in [0.1, 0.15) is 32.3 Å². The van der Waals surface area contributed by atoms with Gasteiger partial charge in [-0.1, -0.05) is 26.0 Å². The molecule has 0 fully saturated rings. The second kappa shape index (κ2) is 7.23. The number of benzene rings is 1. The lowest BCUT2D eigenvalue weighted by Crippen LogP contribution is -2.28. The van der Waals surface area contributed by atoms with E-state index in [1.165, 1.54) is 28.4 Å². The summed E-state index contributed by atoms with van der Waals surface area (Å²) in [6, 6.07) is 9.52. The van der Waals surface area contributed by atoms with Gasteiger partial charge in [-0.25, -0.2) is 0 Å².